The van der Waals surface area contributed by atoms with Gasteiger partial charge in [-0.05, 0) is 43.0 Å². The van der Waals surface area contributed by atoms with Crippen LogP contribution in [0, 0.1) is 0 Å². The lowest BCUT2D eigenvalue weighted by Crippen LogP contribution is -2.42. The maximum absolute atomic E-state index is 12.9. The average molecular weight is 443 g/mol. The van der Waals surface area contributed by atoms with Crippen LogP contribution in [0.25, 0.3) is 0 Å². The molecule has 0 aliphatic carbocycles. The van der Waals surface area contributed by atoms with Crippen molar-refractivity contribution in [3.8, 4) is 0 Å². The molecular formula is C23H27BrN2O2. The Hall–Kier alpha value is -2.11. The summed E-state index contributed by atoms with van der Waals surface area (Å²) in [6.45, 7) is 5.24. The molecule has 0 fully saturated rings. The summed E-state index contributed by atoms with van der Waals surface area (Å²) in [4.78, 5) is 12.9. The van der Waals surface area contributed by atoms with Crippen LogP contribution in [-0.2, 0) is 22.4 Å². The number of nitrogens with zero attached hydrogens (tertiary/aromatic N) is 1. The second-order valence-corrected chi connectivity index (χ2v) is 7.84. The van der Waals surface area contributed by atoms with Gasteiger partial charge in [0.25, 0.3) is 0 Å². The summed E-state index contributed by atoms with van der Waals surface area (Å²) in [7, 11) is 0. The van der Waals surface area contributed by atoms with Gasteiger partial charge in [0.05, 0.1) is 18.2 Å². The summed E-state index contributed by atoms with van der Waals surface area (Å²) in [6, 6.07) is 18.5. The Kier molecular flexibility index (Phi) is 7.29. The van der Waals surface area contributed by atoms with Gasteiger partial charge in [0.15, 0.2) is 0 Å². The van der Waals surface area contributed by atoms with E-state index in [4.69, 9.17) is 4.74 Å². The lowest BCUT2D eigenvalue weighted by atomic mass is 9.96. The molecule has 0 aromatic heterocycles. The first-order valence-corrected chi connectivity index (χ1v) is 10.6. The Morgan fingerprint density at radius 3 is 2.43 bits per heavy atom. The highest BCUT2D eigenvalue weighted by molar-refractivity contribution is 9.10. The van der Waals surface area contributed by atoms with E-state index in [0.717, 1.165) is 35.1 Å². The van der Waals surface area contributed by atoms with E-state index in [1.165, 1.54) is 11.1 Å². The highest BCUT2D eigenvalue weighted by Crippen LogP contribution is 2.28. The Labute approximate surface area is 175 Å². The summed E-state index contributed by atoms with van der Waals surface area (Å²) < 4.78 is 6.49. The molecule has 1 aliphatic rings. The molecule has 148 valence electrons. The van der Waals surface area contributed by atoms with Crippen molar-refractivity contribution < 1.29 is 9.53 Å². The van der Waals surface area contributed by atoms with E-state index in [2.05, 4.69) is 57.6 Å². The second-order valence-electron chi connectivity index (χ2n) is 6.93. The first-order valence-electron chi connectivity index (χ1n) is 9.84. The molecule has 0 radical (unpaired) electrons. The molecule has 2 aromatic rings. The number of rotatable bonds is 8. The highest BCUT2D eigenvalue weighted by Gasteiger charge is 2.37. The average Bonchev–Trinajstić information content (AvgIpc) is 3.01. The van der Waals surface area contributed by atoms with Crippen LogP contribution < -0.4 is 5.43 Å². The minimum Gasteiger partial charge on any atom is -0.463 e. The van der Waals surface area contributed by atoms with Crippen LogP contribution in [0.5, 0.6) is 0 Å². The predicted molar refractivity (Wildman–Crippen MR) is 116 cm³/mol. The molecule has 0 bridgehead atoms. The third-order valence-corrected chi connectivity index (χ3v) is 5.37. The maximum atomic E-state index is 12.9. The Balaban J connectivity index is 1.94. The van der Waals surface area contributed by atoms with Crippen LogP contribution in [0.3, 0.4) is 0 Å². The quantitative estimate of drug-likeness (QED) is 0.604. The topological polar surface area (TPSA) is 41.6 Å². The SMILES string of the molecule is CCCN1NC(Cc2ccccc2)=C(C(=O)OCC)C1Cc1ccc(Br)cc1. The number of hydrogen-bond donors (Lipinski definition) is 1. The Morgan fingerprint density at radius 2 is 1.79 bits per heavy atom. The molecule has 1 N–H and O–H groups in total. The van der Waals surface area contributed by atoms with Gasteiger partial charge in [-0.2, -0.15) is 0 Å². The van der Waals surface area contributed by atoms with Gasteiger partial charge in [-0.25, -0.2) is 9.80 Å². The smallest absolute Gasteiger partial charge is 0.337 e. The molecule has 28 heavy (non-hydrogen) atoms. The minimum absolute atomic E-state index is 0.0427. The fourth-order valence-corrected chi connectivity index (χ4v) is 3.84. The van der Waals surface area contributed by atoms with Crippen molar-refractivity contribution in [2.75, 3.05) is 13.2 Å². The minimum atomic E-state index is -0.221. The number of hydrogen-bond acceptors (Lipinski definition) is 4. The van der Waals surface area contributed by atoms with E-state index >= 15 is 0 Å². The number of benzene rings is 2. The van der Waals surface area contributed by atoms with Crippen LogP contribution in [0.1, 0.15) is 31.4 Å². The molecule has 0 saturated carbocycles. The van der Waals surface area contributed by atoms with Gasteiger partial charge < -0.3 is 10.2 Å². The normalized spacial score (nSPS) is 16.9. The molecule has 1 unspecified atom stereocenters. The molecule has 1 atom stereocenters. The van der Waals surface area contributed by atoms with Gasteiger partial charge >= 0.3 is 5.97 Å². The molecule has 0 spiro atoms. The van der Waals surface area contributed by atoms with Gasteiger partial charge in [-0.3, -0.25) is 0 Å². The molecule has 2 aromatic carbocycles. The number of ether oxygens (including phenoxy) is 1. The molecule has 0 amide bonds. The van der Waals surface area contributed by atoms with E-state index in [1.807, 2.05) is 37.3 Å². The molecular weight excluding hydrogens is 416 g/mol. The summed E-state index contributed by atoms with van der Waals surface area (Å²) in [5, 5.41) is 2.19. The third-order valence-electron chi connectivity index (χ3n) is 4.84. The molecule has 5 heteroatoms. The number of nitrogens with one attached hydrogen (secondary N) is 1. The lowest BCUT2D eigenvalue weighted by Gasteiger charge is -2.26. The summed E-state index contributed by atoms with van der Waals surface area (Å²) in [5.41, 5.74) is 7.58. The van der Waals surface area contributed by atoms with Gasteiger partial charge in [0.2, 0.25) is 0 Å². The molecule has 0 saturated heterocycles. The Morgan fingerprint density at radius 1 is 1.07 bits per heavy atom. The van der Waals surface area contributed by atoms with E-state index < -0.39 is 0 Å². The van der Waals surface area contributed by atoms with Crippen molar-refractivity contribution in [1.29, 1.82) is 0 Å². The van der Waals surface area contributed by atoms with Crippen LogP contribution in [0.2, 0.25) is 0 Å². The zero-order chi connectivity index (χ0) is 19.9. The monoisotopic (exact) mass is 442 g/mol. The summed E-state index contributed by atoms with van der Waals surface area (Å²) in [5.74, 6) is -0.221. The number of halogens is 1. The standard InChI is InChI=1S/C23H27BrN2O2/c1-3-14-26-21(16-18-10-12-19(24)13-11-18)22(23(27)28-4-2)20(25-26)15-17-8-6-5-7-9-17/h5-13,21,25H,3-4,14-16H2,1-2H3. The van der Waals surface area contributed by atoms with Crippen molar-refractivity contribution in [2.45, 2.75) is 39.2 Å². The number of carbonyl (C=O) groups is 1. The third kappa shape index (κ3) is 5.03. The van der Waals surface area contributed by atoms with E-state index in [0.29, 0.717) is 13.0 Å². The molecule has 1 heterocycles. The number of carbonyl (C=O) groups excluding carboxylic acids is 1. The number of esters is 1. The van der Waals surface area contributed by atoms with Gasteiger partial charge in [-0.1, -0.05) is 65.3 Å². The van der Waals surface area contributed by atoms with Crippen LogP contribution >= 0.6 is 15.9 Å². The van der Waals surface area contributed by atoms with Crippen molar-refractivity contribution in [2.24, 2.45) is 0 Å². The number of hydrazine groups is 1. The predicted octanol–water partition coefficient (Wildman–Crippen LogP) is 4.65. The maximum Gasteiger partial charge on any atom is 0.337 e. The van der Waals surface area contributed by atoms with Crippen molar-refractivity contribution in [3.05, 3.63) is 81.5 Å². The lowest BCUT2D eigenvalue weighted by molar-refractivity contribution is -0.139. The van der Waals surface area contributed by atoms with Crippen molar-refractivity contribution in [1.82, 2.24) is 10.4 Å². The molecule has 3 rings (SSSR count). The van der Waals surface area contributed by atoms with E-state index in [1.54, 1.807) is 0 Å². The number of allylic oxidation sites excluding steroid dienone is 1. The molecule has 4 nitrogen and oxygen atoms in total. The van der Waals surface area contributed by atoms with E-state index in [9.17, 15) is 4.79 Å². The zero-order valence-electron chi connectivity index (χ0n) is 16.5. The summed E-state index contributed by atoms with van der Waals surface area (Å²) >= 11 is 3.49. The van der Waals surface area contributed by atoms with Crippen molar-refractivity contribution >= 4 is 21.9 Å². The molecule has 1 aliphatic heterocycles. The van der Waals surface area contributed by atoms with Gasteiger partial charge in [0, 0.05) is 23.1 Å². The Bertz CT molecular complexity index is 818. The van der Waals surface area contributed by atoms with Crippen LogP contribution in [0.15, 0.2) is 70.3 Å². The fourth-order valence-electron chi connectivity index (χ4n) is 3.58. The van der Waals surface area contributed by atoms with Crippen molar-refractivity contribution in [3.63, 3.8) is 0 Å². The highest BCUT2D eigenvalue weighted by atomic mass is 79.9. The first-order chi connectivity index (χ1) is 13.6. The van der Waals surface area contributed by atoms with Crippen LogP contribution in [0.4, 0.5) is 0 Å². The second kappa shape index (κ2) is 9.89. The van der Waals surface area contributed by atoms with Crippen LogP contribution in [-0.4, -0.2) is 30.2 Å². The van der Waals surface area contributed by atoms with E-state index in [-0.39, 0.29) is 12.0 Å². The van der Waals surface area contributed by atoms with Gasteiger partial charge in [0.1, 0.15) is 0 Å². The largest absolute Gasteiger partial charge is 0.463 e. The fraction of sp³-hybridized carbons (Fsp3) is 0.348. The summed E-state index contributed by atoms with van der Waals surface area (Å²) in [6.07, 6.45) is 2.44. The van der Waals surface area contributed by atoms with Gasteiger partial charge in [-0.15, -0.1) is 0 Å². The first kappa shape index (κ1) is 20.6. The zero-order valence-corrected chi connectivity index (χ0v) is 18.0.